The fraction of sp³-hybridized carbons (Fsp3) is 0.500. The normalized spacial score (nSPS) is 13.6. The van der Waals surface area contributed by atoms with Gasteiger partial charge in [0.1, 0.15) is 5.75 Å². The Morgan fingerprint density at radius 2 is 1.95 bits per heavy atom. The smallest absolute Gasteiger partial charge is 0.406 e. The van der Waals surface area contributed by atoms with Crippen LogP contribution in [0.5, 0.6) is 5.75 Å². The molecule has 0 spiro atoms. The third-order valence-electron chi connectivity index (χ3n) is 2.32. The summed E-state index contributed by atoms with van der Waals surface area (Å²) in [6.07, 6.45) is -6.91. The van der Waals surface area contributed by atoms with Crippen LogP contribution in [0.1, 0.15) is 24.9 Å². The van der Waals surface area contributed by atoms with Crippen molar-refractivity contribution < 1.29 is 26.7 Å². The summed E-state index contributed by atoms with van der Waals surface area (Å²) in [6, 6.07) is 3.31. The van der Waals surface area contributed by atoms with Gasteiger partial charge in [-0.15, -0.1) is 13.2 Å². The number of hydrogen-bond donors (Lipinski definition) is 1. The van der Waals surface area contributed by atoms with E-state index in [1.807, 2.05) is 0 Å². The Morgan fingerprint density at radius 1 is 1.26 bits per heavy atom. The van der Waals surface area contributed by atoms with Gasteiger partial charge in [-0.2, -0.15) is 0 Å². The van der Waals surface area contributed by atoms with Crippen molar-refractivity contribution in [2.24, 2.45) is 0 Å². The van der Waals surface area contributed by atoms with Gasteiger partial charge in [-0.3, -0.25) is 0 Å². The number of rotatable bonds is 6. The molecule has 0 aliphatic heterocycles. The fourth-order valence-electron chi connectivity index (χ4n) is 1.56. The Kier molecular flexibility index (Phi) is 5.53. The lowest BCUT2D eigenvalue weighted by Crippen LogP contribution is -2.28. The molecule has 0 heterocycles. The molecule has 0 aromatic heterocycles. The minimum atomic E-state index is -4.84. The van der Waals surface area contributed by atoms with Crippen molar-refractivity contribution in [2.45, 2.75) is 32.2 Å². The largest absolute Gasteiger partial charge is 0.573 e. The van der Waals surface area contributed by atoms with Crippen LogP contribution in [0.25, 0.3) is 0 Å². The Hall–Kier alpha value is -1.37. The van der Waals surface area contributed by atoms with Gasteiger partial charge >= 0.3 is 6.36 Å². The molecule has 0 amide bonds. The molecule has 0 saturated carbocycles. The van der Waals surface area contributed by atoms with Crippen LogP contribution >= 0.6 is 0 Å². The van der Waals surface area contributed by atoms with Crippen molar-refractivity contribution in [3.8, 4) is 5.75 Å². The lowest BCUT2D eigenvalue weighted by molar-refractivity contribution is -0.274. The van der Waals surface area contributed by atoms with Crippen LogP contribution in [0.3, 0.4) is 0 Å². The number of hydrogen-bond acceptors (Lipinski definition) is 2. The highest BCUT2D eigenvalue weighted by molar-refractivity contribution is 5.31. The SMILES string of the molecule is CCCNC(c1cccc(OC(F)(F)F)c1)C(F)F. The topological polar surface area (TPSA) is 21.3 Å². The first kappa shape index (κ1) is 15.7. The molecule has 7 heteroatoms. The maximum absolute atomic E-state index is 12.9. The zero-order chi connectivity index (χ0) is 14.5. The van der Waals surface area contributed by atoms with Gasteiger partial charge in [0.05, 0.1) is 6.04 Å². The van der Waals surface area contributed by atoms with Crippen molar-refractivity contribution in [1.82, 2.24) is 5.32 Å². The first-order valence-electron chi connectivity index (χ1n) is 5.70. The van der Waals surface area contributed by atoms with E-state index in [4.69, 9.17) is 0 Å². The van der Waals surface area contributed by atoms with E-state index in [2.05, 4.69) is 10.1 Å². The molecule has 1 atom stereocenters. The lowest BCUT2D eigenvalue weighted by atomic mass is 10.1. The summed E-state index contributed by atoms with van der Waals surface area (Å²) in [7, 11) is 0. The van der Waals surface area contributed by atoms with E-state index >= 15 is 0 Å². The maximum atomic E-state index is 12.9. The van der Waals surface area contributed by atoms with E-state index in [9.17, 15) is 22.0 Å². The van der Waals surface area contributed by atoms with Crippen molar-refractivity contribution >= 4 is 0 Å². The Labute approximate surface area is 107 Å². The highest BCUT2D eigenvalue weighted by atomic mass is 19.4. The summed E-state index contributed by atoms with van der Waals surface area (Å²) in [5.41, 5.74) is 0.0604. The second kappa shape index (κ2) is 6.70. The Bertz CT molecular complexity index is 394. The molecule has 0 bridgehead atoms. The van der Waals surface area contributed by atoms with E-state index < -0.39 is 24.6 Å². The molecule has 1 N–H and O–H groups in total. The molecule has 0 aliphatic carbocycles. The van der Waals surface area contributed by atoms with Gasteiger partial charge in [0.25, 0.3) is 6.43 Å². The first-order chi connectivity index (χ1) is 8.83. The minimum absolute atomic E-state index is 0.0604. The molecule has 108 valence electrons. The number of benzene rings is 1. The van der Waals surface area contributed by atoms with Crippen LogP contribution in [0.15, 0.2) is 24.3 Å². The summed E-state index contributed by atoms with van der Waals surface area (Å²) in [5, 5.41) is 2.59. The molecule has 1 unspecified atom stereocenters. The van der Waals surface area contributed by atoms with E-state index in [1.54, 1.807) is 6.92 Å². The molecule has 1 aromatic rings. The Balaban J connectivity index is 2.88. The monoisotopic (exact) mass is 283 g/mol. The number of alkyl halides is 5. The third kappa shape index (κ3) is 5.42. The van der Waals surface area contributed by atoms with E-state index in [1.165, 1.54) is 12.1 Å². The van der Waals surface area contributed by atoms with Gasteiger partial charge in [0.15, 0.2) is 0 Å². The quantitative estimate of drug-likeness (QED) is 0.800. The minimum Gasteiger partial charge on any atom is -0.406 e. The molecule has 1 aromatic carbocycles. The summed E-state index contributed by atoms with van der Waals surface area (Å²) >= 11 is 0. The first-order valence-corrected chi connectivity index (χ1v) is 5.70. The average molecular weight is 283 g/mol. The number of ether oxygens (including phenoxy) is 1. The van der Waals surface area contributed by atoms with E-state index in [0.717, 1.165) is 12.1 Å². The highest BCUT2D eigenvalue weighted by Gasteiger charge is 2.31. The van der Waals surface area contributed by atoms with Crippen molar-refractivity contribution in [2.75, 3.05) is 6.54 Å². The van der Waals surface area contributed by atoms with Gasteiger partial charge < -0.3 is 10.1 Å². The summed E-state index contributed by atoms with van der Waals surface area (Å²) in [6.45, 7) is 2.15. The second-order valence-electron chi connectivity index (χ2n) is 3.89. The fourth-order valence-corrected chi connectivity index (χ4v) is 1.56. The van der Waals surface area contributed by atoms with Gasteiger partial charge in [-0.25, -0.2) is 8.78 Å². The molecular weight excluding hydrogens is 269 g/mol. The van der Waals surface area contributed by atoms with Crippen LogP contribution in [-0.4, -0.2) is 19.3 Å². The predicted molar refractivity (Wildman–Crippen MR) is 60.2 cm³/mol. The lowest BCUT2D eigenvalue weighted by Gasteiger charge is -2.19. The zero-order valence-corrected chi connectivity index (χ0v) is 10.2. The molecule has 19 heavy (non-hydrogen) atoms. The molecule has 1 rings (SSSR count). The van der Waals surface area contributed by atoms with Crippen molar-refractivity contribution in [3.05, 3.63) is 29.8 Å². The van der Waals surface area contributed by atoms with Crippen LogP contribution in [-0.2, 0) is 0 Å². The maximum Gasteiger partial charge on any atom is 0.573 e. The van der Waals surface area contributed by atoms with Gasteiger partial charge in [0.2, 0.25) is 0 Å². The van der Waals surface area contributed by atoms with Gasteiger partial charge in [0, 0.05) is 0 Å². The van der Waals surface area contributed by atoms with Gasteiger partial charge in [-0.05, 0) is 30.7 Å². The highest BCUT2D eigenvalue weighted by Crippen LogP contribution is 2.27. The van der Waals surface area contributed by atoms with Gasteiger partial charge in [-0.1, -0.05) is 19.1 Å². The zero-order valence-electron chi connectivity index (χ0n) is 10.2. The summed E-state index contributed by atoms with van der Waals surface area (Å²) in [4.78, 5) is 0. The van der Waals surface area contributed by atoms with Crippen molar-refractivity contribution in [3.63, 3.8) is 0 Å². The molecular formula is C12H14F5NO. The molecule has 2 nitrogen and oxygen atoms in total. The van der Waals surface area contributed by atoms with Crippen LogP contribution in [0.4, 0.5) is 22.0 Å². The Morgan fingerprint density at radius 3 is 2.47 bits per heavy atom. The van der Waals surface area contributed by atoms with Crippen LogP contribution < -0.4 is 10.1 Å². The van der Waals surface area contributed by atoms with Crippen LogP contribution in [0.2, 0.25) is 0 Å². The van der Waals surface area contributed by atoms with Crippen molar-refractivity contribution in [1.29, 1.82) is 0 Å². The standard InChI is InChI=1S/C12H14F5NO/c1-2-6-18-10(11(13)14)8-4-3-5-9(7-8)19-12(15,16)17/h3-5,7,10-11,18H,2,6H2,1H3. The molecule has 0 saturated heterocycles. The molecule has 0 radical (unpaired) electrons. The van der Waals surface area contributed by atoms with Crippen LogP contribution in [0, 0.1) is 0 Å². The third-order valence-corrected chi connectivity index (χ3v) is 2.32. The molecule has 0 aliphatic rings. The predicted octanol–water partition coefficient (Wildman–Crippen LogP) is 3.89. The second-order valence-corrected chi connectivity index (χ2v) is 3.89. The number of halogens is 5. The number of nitrogens with one attached hydrogen (secondary N) is 1. The van der Waals surface area contributed by atoms with E-state index in [-0.39, 0.29) is 5.56 Å². The molecule has 0 fully saturated rings. The summed E-state index contributed by atoms with van der Waals surface area (Å²) < 4.78 is 65.6. The van der Waals surface area contributed by atoms with E-state index in [0.29, 0.717) is 13.0 Å². The average Bonchev–Trinajstić information content (AvgIpc) is 2.27. The summed E-state index contributed by atoms with van der Waals surface area (Å²) in [5.74, 6) is -0.506.